The van der Waals surface area contributed by atoms with Crippen LogP contribution in [0.5, 0.6) is 5.75 Å². The second-order valence-corrected chi connectivity index (χ2v) is 8.29. The molecule has 2 aromatic carbocycles. The standard InChI is InChI=1S/C25H29N5O4/c26-24(31)21-7-6-19(34-16-17-8-10-28-22-5-2-1-4-20(17)22)14-18(21)15-23(25(32)29-33)30-12-3-9-27-11-13-30/h1-2,4-8,10,14,23,27,33H,3,9,11-13,15-16H2,(H2,26,31)(H,29,32)/t23-/m0/s1. The molecule has 1 aliphatic heterocycles. The number of para-hydroxylation sites is 1. The Hall–Kier alpha value is -3.53. The normalized spacial score (nSPS) is 15.4. The van der Waals surface area contributed by atoms with Gasteiger partial charge in [-0.3, -0.25) is 24.7 Å². The van der Waals surface area contributed by atoms with Crippen molar-refractivity contribution in [3.8, 4) is 5.75 Å². The predicted octanol–water partition coefficient (Wildman–Crippen LogP) is 1.62. The number of hydroxylamine groups is 1. The van der Waals surface area contributed by atoms with Crippen LogP contribution in [0.15, 0.2) is 54.7 Å². The minimum atomic E-state index is -0.651. The van der Waals surface area contributed by atoms with Gasteiger partial charge in [0.2, 0.25) is 5.91 Å². The minimum Gasteiger partial charge on any atom is -0.489 e. The quantitative estimate of drug-likeness (QED) is 0.295. The van der Waals surface area contributed by atoms with Gasteiger partial charge in [0, 0.05) is 42.3 Å². The van der Waals surface area contributed by atoms with Crippen molar-refractivity contribution in [2.24, 2.45) is 5.73 Å². The highest BCUT2D eigenvalue weighted by Gasteiger charge is 2.28. The highest BCUT2D eigenvalue weighted by Crippen LogP contribution is 2.24. The Morgan fingerprint density at radius 2 is 2.00 bits per heavy atom. The largest absolute Gasteiger partial charge is 0.489 e. The van der Waals surface area contributed by atoms with Gasteiger partial charge in [-0.2, -0.15) is 0 Å². The minimum absolute atomic E-state index is 0.208. The lowest BCUT2D eigenvalue weighted by Gasteiger charge is -2.29. The Kier molecular flexibility index (Phi) is 7.69. The van der Waals surface area contributed by atoms with Crippen molar-refractivity contribution in [2.75, 3.05) is 26.2 Å². The van der Waals surface area contributed by atoms with E-state index in [1.807, 2.05) is 35.2 Å². The third kappa shape index (κ3) is 5.51. The van der Waals surface area contributed by atoms with Crippen LogP contribution in [-0.4, -0.2) is 59.1 Å². The van der Waals surface area contributed by atoms with E-state index in [0.29, 0.717) is 36.6 Å². The van der Waals surface area contributed by atoms with Gasteiger partial charge in [-0.25, -0.2) is 5.48 Å². The maximum absolute atomic E-state index is 12.6. The second-order valence-electron chi connectivity index (χ2n) is 8.29. The van der Waals surface area contributed by atoms with Gasteiger partial charge in [0.25, 0.3) is 5.91 Å². The summed E-state index contributed by atoms with van der Waals surface area (Å²) in [5, 5.41) is 13.7. The summed E-state index contributed by atoms with van der Waals surface area (Å²) in [6.07, 6.45) is 2.83. The van der Waals surface area contributed by atoms with Gasteiger partial charge >= 0.3 is 0 Å². The van der Waals surface area contributed by atoms with E-state index in [1.54, 1.807) is 29.9 Å². The van der Waals surface area contributed by atoms with E-state index in [4.69, 9.17) is 10.5 Å². The number of hydrogen-bond acceptors (Lipinski definition) is 7. The molecule has 9 heteroatoms. The highest BCUT2D eigenvalue weighted by molar-refractivity contribution is 5.95. The van der Waals surface area contributed by atoms with E-state index >= 15 is 0 Å². The number of hydrogen-bond donors (Lipinski definition) is 4. The average Bonchev–Trinajstić information content (AvgIpc) is 3.15. The van der Waals surface area contributed by atoms with Crippen molar-refractivity contribution in [1.29, 1.82) is 0 Å². The zero-order valence-electron chi connectivity index (χ0n) is 18.9. The van der Waals surface area contributed by atoms with Crippen LogP contribution in [-0.2, 0) is 17.8 Å². The molecule has 1 aliphatic rings. The first-order chi connectivity index (χ1) is 16.6. The monoisotopic (exact) mass is 463 g/mol. The SMILES string of the molecule is NC(=O)c1ccc(OCc2ccnc3ccccc23)cc1C[C@@H](C(=O)NO)N1CCCNCC1. The number of nitrogens with two attached hydrogens (primary N) is 1. The number of nitrogens with zero attached hydrogens (tertiary/aromatic N) is 2. The molecule has 1 atom stereocenters. The molecule has 4 rings (SSSR count). The molecular weight excluding hydrogens is 434 g/mol. The van der Waals surface area contributed by atoms with Gasteiger partial charge in [0.1, 0.15) is 12.4 Å². The number of carbonyl (C=O) groups excluding carboxylic acids is 2. The molecule has 9 nitrogen and oxygen atoms in total. The fourth-order valence-corrected chi connectivity index (χ4v) is 4.36. The van der Waals surface area contributed by atoms with Crippen LogP contribution in [0.2, 0.25) is 0 Å². The lowest BCUT2D eigenvalue weighted by atomic mass is 9.97. The molecule has 0 radical (unpaired) electrons. The summed E-state index contributed by atoms with van der Waals surface area (Å²) in [4.78, 5) is 31.0. The number of primary amides is 1. The number of aromatic nitrogens is 1. The molecule has 0 unspecified atom stereocenters. The van der Waals surface area contributed by atoms with Gasteiger partial charge in [0.15, 0.2) is 0 Å². The number of pyridine rings is 1. The van der Waals surface area contributed by atoms with Crippen LogP contribution < -0.4 is 21.3 Å². The highest BCUT2D eigenvalue weighted by atomic mass is 16.5. The molecule has 2 amide bonds. The first-order valence-corrected chi connectivity index (χ1v) is 11.3. The van der Waals surface area contributed by atoms with Crippen LogP contribution in [0.25, 0.3) is 10.9 Å². The molecule has 1 saturated heterocycles. The Bertz CT molecular complexity index is 1160. The first-order valence-electron chi connectivity index (χ1n) is 11.3. The molecule has 0 aliphatic carbocycles. The second kappa shape index (κ2) is 11.1. The molecule has 0 spiro atoms. The van der Waals surface area contributed by atoms with Crippen molar-refractivity contribution >= 4 is 22.7 Å². The number of amides is 2. The van der Waals surface area contributed by atoms with Crippen LogP contribution >= 0.6 is 0 Å². The van der Waals surface area contributed by atoms with Crippen molar-refractivity contribution in [3.05, 3.63) is 71.4 Å². The number of fused-ring (bicyclic) bond motifs is 1. The van der Waals surface area contributed by atoms with E-state index < -0.39 is 17.9 Å². The van der Waals surface area contributed by atoms with Gasteiger partial charge in [-0.1, -0.05) is 18.2 Å². The number of nitrogens with one attached hydrogen (secondary N) is 2. The van der Waals surface area contributed by atoms with Crippen LogP contribution in [0, 0.1) is 0 Å². The van der Waals surface area contributed by atoms with Crippen molar-refractivity contribution in [2.45, 2.75) is 25.5 Å². The van der Waals surface area contributed by atoms with Crippen molar-refractivity contribution < 1.29 is 19.5 Å². The maximum atomic E-state index is 12.6. The topological polar surface area (TPSA) is 130 Å². The van der Waals surface area contributed by atoms with E-state index in [2.05, 4.69) is 10.3 Å². The van der Waals surface area contributed by atoms with Crippen molar-refractivity contribution in [3.63, 3.8) is 0 Å². The fourth-order valence-electron chi connectivity index (χ4n) is 4.36. The van der Waals surface area contributed by atoms with Crippen molar-refractivity contribution in [1.82, 2.24) is 20.7 Å². The molecule has 2 heterocycles. The Morgan fingerprint density at radius 1 is 1.15 bits per heavy atom. The summed E-state index contributed by atoms with van der Waals surface area (Å²) in [7, 11) is 0. The first kappa shape index (κ1) is 23.6. The third-order valence-electron chi connectivity index (χ3n) is 6.12. The molecule has 0 bridgehead atoms. The van der Waals surface area contributed by atoms with Gasteiger partial charge < -0.3 is 15.8 Å². The van der Waals surface area contributed by atoms with Gasteiger partial charge in [0.05, 0.1) is 11.6 Å². The molecule has 5 N–H and O–H groups in total. The smallest absolute Gasteiger partial charge is 0.261 e. The molecule has 34 heavy (non-hydrogen) atoms. The number of benzene rings is 2. The van der Waals surface area contributed by atoms with Gasteiger partial charge in [-0.05, 0) is 55.3 Å². The Morgan fingerprint density at radius 3 is 2.82 bits per heavy atom. The zero-order chi connectivity index (χ0) is 23.9. The van der Waals surface area contributed by atoms with E-state index in [1.165, 1.54) is 0 Å². The summed E-state index contributed by atoms with van der Waals surface area (Å²) in [6, 6.07) is 14.2. The lowest BCUT2D eigenvalue weighted by molar-refractivity contribution is -0.134. The molecule has 1 fully saturated rings. The molecular formula is C25H29N5O4. The summed E-state index contributed by atoms with van der Waals surface area (Å²) in [5.74, 6) is -0.546. The summed E-state index contributed by atoms with van der Waals surface area (Å²) in [6.45, 7) is 3.26. The number of carbonyl (C=O) groups is 2. The maximum Gasteiger partial charge on any atom is 0.261 e. The Labute approximate surface area is 197 Å². The molecule has 0 saturated carbocycles. The predicted molar refractivity (Wildman–Crippen MR) is 128 cm³/mol. The van der Waals surface area contributed by atoms with E-state index in [9.17, 15) is 14.8 Å². The van der Waals surface area contributed by atoms with Crippen LogP contribution in [0.1, 0.15) is 27.9 Å². The Balaban J connectivity index is 1.58. The number of ether oxygens (including phenoxy) is 1. The molecule has 178 valence electrons. The molecule has 1 aromatic heterocycles. The van der Waals surface area contributed by atoms with E-state index in [0.717, 1.165) is 36.0 Å². The van der Waals surface area contributed by atoms with Crippen LogP contribution in [0.4, 0.5) is 0 Å². The molecule has 3 aromatic rings. The summed E-state index contributed by atoms with van der Waals surface area (Å²) in [5.41, 5.74) is 10.2. The fraction of sp³-hybridized carbons (Fsp3) is 0.320. The summed E-state index contributed by atoms with van der Waals surface area (Å²) >= 11 is 0. The zero-order valence-corrected chi connectivity index (χ0v) is 18.9. The van der Waals surface area contributed by atoms with Gasteiger partial charge in [-0.15, -0.1) is 0 Å². The third-order valence-corrected chi connectivity index (χ3v) is 6.12. The van der Waals surface area contributed by atoms with Crippen LogP contribution in [0.3, 0.4) is 0 Å². The average molecular weight is 464 g/mol. The summed E-state index contributed by atoms with van der Waals surface area (Å²) < 4.78 is 6.06. The lowest BCUT2D eigenvalue weighted by Crippen LogP contribution is -2.48. The number of rotatable bonds is 8. The van der Waals surface area contributed by atoms with E-state index in [-0.39, 0.29) is 6.42 Å².